The van der Waals surface area contributed by atoms with E-state index in [1.54, 1.807) is 20.8 Å². The fourth-order valence-electron chi connectivity index (χ4n) is 1.35. The third-order valence-electron chi connectivity index (χ3n) is 2.01. The molecule has 0 saturated heterocycles. The molecule has 0 unspecified atom stereocenters. The highest BCUT2D eigenvalue weighted by Gasteiger charge is 2.21. The van der Waals surface area contributed by atoms with E-state index in [0.29, 0.717) is 0 Å². The predicted octanol–water partition coefficient (Wildman–Crippen LogP) is 0.497. The van der Waals surface area contributed by atoms with E-state index < -0.39 is 28.7 Å². The standard InChI is InChI=1S/C11H21NO6/c1-11(2,3)18-10(15)7-9(14)6-8(13)4-5-12(16)17/h8-9,13-14H,4-7H2,1-3H3/t8-,9-/m1/s1. The van der Waals surface area contributed by atoms with Crippen molar-refractivity contribution in [1.29, 1.82) is 0 Å². The van der Waals surface area contributed by atoms with Crippen molar-refractivity contribution in [3.63, 3.8) is 0 Å². The second-order valence-corrected chi connectivity index (χ2v) is 5.18. The number of hydrogen-bond donors (Lipinski definition) is 2. The number of rotatable bonds is 7. The summed E-state index contributed by atoms with van der Waals surface area (Å²) >= 11 is 0. The van der Waals surface area contributed by atoms with Gasteiger partial charge in [-0.05, 0) is 20.8 Å². The topological polar surface area (TPSA) is 110 Å². The van der Waals surface area contributed by atoms with Crippen molar-refractivity contribution >= 4 is 5.97 Å². The van der Waals surface area contributed by atoms with E-state index in [0.717, 1.165) is 0 Å². The van der Waals surface area contributed by atoms with Crippen LogP contribution in [0.1, 0.15) is 40.0 Å². The van der Waals surface area contributed by atoms with E-state index in [9.17, 15) is 25.1 Å². The van der Waals surface area contributed by atoms with Gasteiger partial charge in [0.25, 0.3) is 0 Å². The summed E-state index contributed by atoms with van der Waals surface area (Å²) in [5, 5.41) is 29.0. The van der Waals surface area contributed by atoms with Crippen molar-refractivity contribution < 1.29 is 24.7 Å². The number of ether oxygens (including phenoxy) is 1. The highest BCUT2D eigenvalue weighted by molar-refractivity contribution is 5.70. The molecule has 7 heteroatoms. The molecule has 0 aliphatic rings. The van der Waals surface area contributed by atoms with Gasteiger partial charge >= 0.3 is 5.97 Å². The third kappa shape index (κ3) is 9.98. The molecule has 18 heavy (non-hydrogen) atoms. The first-order valence-corrected chi connectivity index (χ1v) is 5.80. The van der Waals surface area contributed by atoms with E-state index in [1.165, 1.54) is 0 Å². The number of nitro groups is 1. The zero-order valence-electron chi connectivity index (χ0n) is 11.0. The molecular weight excluding hydrogens is 242 g/mol. The van der Waals surface area contributed by atoms with E-state index in [2.05, 4.69) is 0 Å². The van der Waals surface area contributed by atoms with Crippen LogP contribution in [-0.4, -0.2) is 45.5 Å². The number of aliphatic hydroxyl groups excluding tert-OH is 2. The first-order valence-electron chi connectivity index (χ1n) is 5.80. The smallest absolute Gasteiger partial charge is 0.308 e. The van der Waals surface area contributed by atoms with Gasteiger partial charge in [0.2, 0.25) is 6.54 Å². The maximum Gasteiger partial charge on any atom is 0.308 e. The Bertz CT molecular complexity index is 286. The van der Waals surface area contributed by atoms with E-state index in [1.807, 2.05) is 0 Å². The Morgan fingerprint density at radius 1 is 1.33 bits per heavy atom. The summed E-state index contributed by atoms with van der Waals surface area (Å²) in [5.41, 5.74) is -0.624. The first-order chi connectivity index (χ1) is 8.10. The third-order valence-corrected chi connectivity index (χ3v) is 2.01. The van der Waals surface area contributed by atoms with Crippen molar-refractivity contribution in [1.82, 2.24) is 0 Å². The lowest BCUT2D eigenvalue weighted by Gasteiger charge is -2.21. The molecule has 2 N–H and O–H groups in total. The van der Waals surface area contributed by atoms with Crippen LogP contribution in [0.3, 0.4) is 0 Å². The van der Waals surface area contributed by atoms with E-state index >= 15 is 0 Å². The van der Waals surface area contributed by atoms with Crippen LogP contribution in [0.15, 0.2) is 0 Å². The molecule has 0 fully saturated rings. The van der Waals surface area contributed by atoms with Crippen molar-refractivity contribution in [2.45, 2.75) is 57.8 Å². The molecule has 0 aliphatic carbocycles. The number of carbonyl (C=O) groups is 1. The monoisotopic (exact) mass is 263 g/mol. The quantitative estimate of drug-likeness (QED) is 0.393. The molecule has 0 aliphatic heterocycles. The molecule has 0 amide bonds. The molecular formula is C11H21NO6. The summed E-state index contributed by atoms with van der Waals surface area (Å²) in [6, 6.07) is 0. The Morgan fingerprint density at radius 2 is 1.89 bits per heavy atom. The van der Waals surface area contributed by atoms with Crippen LogP contribution in [0.4, 0.5) is 0 Å². The Kier molecular flexibility index (Phi) is 6.79. The van der Waals surface area contributed by atoms with Gasteiger partial charge in [0.05, 0.1) is 18.6 Å². The van der Waals surface area contributed by atoms with Gasteiger partial charge in [-0.3, -0.25) is 14.9 Å². The molecule has 7 nitrogen and oxygen atoms in total. The Hall–Kier alpha value is -1.21. The zero-order chi connectivity index (χ0) is 14.3. The van der Waals surface area contributed by atoms with Crippen molar-refractivity contribution in [2.24, 2.45) is 0 Å². The van der Waals surface area contributed by atoms with Crippen LogP contribution in [0.25, 0.3) is 0 Å². The largest absolute Gasteiger partial charge is 0.460 e. The molecule has 0 radical (unpaired) electrons. The van der Waals surface area contributed by atoms with Crippen LogP contribution in [0.2, 0.25) is 0 Å². The van der Waals surface area contributed by atoms with Gasteiger partial charge in [-0.2, -0.15) is 0 Å². The van der Waals surface area contributed by atoms with E-state index in [-0.39, 0.29) is 25.8 Å². The summed E-state index contributed by atoms with van der Waals surface area (Å²) in [6.07, 6.45) is -2.40. The molecule has 0 heterocycles. The van der Waals surface area contributed by atoms with Crippen LogP contribution < -0.4 is 0 Å². The molecule has 106 valence electrons. The lowest BCUT2D eigenvalue weighted by molar-refractivity contribution is -0.482. The minimum Gasteiger partial charge on any atom is -0.460 e. The molecule has 0 saturated carbocycles. The normalized spacial score (nSPS) is 14.9. The molecule has 0 bridgehead atoms. The number of aliphatic hydroxyl groups is 2. The zero-order valence-corrected chi connectivity index (χ0v) is 11.0. The molecule has 0 spiro atoms. The van der Waals surface area contributed by atoms with Crippen LogP contribution in [0.5, 0.6) is 0 Å². The van der Waals surface area contributed by atoms with Crippen LogP contribution >= 0.6 is 0 Å². The van der Waals surface area contributed by atoms with Crippen LogP contribution in [0, 0.1) is 10.1 Å². The van der Waals surface area contributed by atoms with Crippen LogP contribution in [-0.2, 0) is 9.53 Å². The molecule has 2 atom stereocenters. The Labute approximate surface area is 106 Å². The molecule has 0 aromatic heterocycles. The predicted molar refractivity (Wildman–Crippen MR) is 63.6 cm³/mol. The van der Waals surface area contributed by atoms with Gasteiger partial charge in [-0.1, -0.05) is 0 Å². The van der Waals surface area contributed by atoms with Gasteiger partial charge in [0, 0.05) is 17.8 Å². The number of esters is 1. The second kappa shape index (κ2) is 7.27. The molecule has 0 aromatic rings. The minimum absolute atomic E-state index is 0.0433. The maximum atomic E-state index is 11.3. The first kappa shape index (κ1) is 16.8. The van der Waals surface area contributed by atoms with Gasteiger partial charge in [-0.25, -0.2) is 0 Å². The molecule has 0 rings (SSSR count). The van der Waals surface area contributed by atoms with Gasteiger partial charge in [0.1, 0.15) is 5.60 Å². The highest BCUT2D eigenvalue weighted by Crippen LogP contribution is 2.12. The number of carbonyl (C=O) groups excluding carboxylic acids is 1. The SMILES string of the molecule is CC(C)(C)OC(=O)C[C@H](O)C[C@H](O)CC[N+](=O)[O-]. The minimum atomic E-state index is -1.05. The molecule has 0 aromatic carbocycles. The second-order valence-electron chi connectivity index (χ2n) is 5.18. The average molecular weight is 263 g/mol. The summed E-state index contributed by atoms with van der Waals surface area (Å²) in [4.78, 5) is 20.9. The summed E-state index contributed by atoms with van der Waals surface area (Å²) in [7, 11) is 0. The Balaban J connectivity index is 3.92. The van der Waals surface area contributed by atoms with Gasteiger partial charge in [0.15, 0.2) is 0 Å². The summed E-state index contributed by atoms with van der Waals surface area (Å²) in [6.45, 7) is 4.77. The summed E-state index contributed by atoms with van der Waals surface area (Å²) in [5.74, 6) is -0.559. The van der Waals surface area contributed by atoms with Crippen molar-refractivity contribution in [2.75, 3.05) is 6.54 Å². The lowest BCUT2D eigenvalue weighted by Crippen LogP contribution is -2.28. The fourth-order valence-corrected chi connectivity index (χ4v) is 1.35. The Morgan fingerprint density at radius 3 is 2.33 bits per heavy atom. The fraction of sp³-hybridized carbons (Fsp3) is 0.909. The van der Waals surface area contributed by atoms with E-state index in [4.69, 9.17) is 4.74 Å². The van der Waals surface area contributed by atoms with Crippen molar-refractivity contribution in [3.8, 4) is 0 Å². The van der Waals surface area contributed by atoms with Gasteiger partial charge < -0.3 is 14.9 Å². The van der Waals surface area contributed by atoms with Gasteiger partial charge in [-0.15, -0.1) is 0 Å². The van der Waals surface area contributed by atoms with Crippen molar-refractivity contribution in [3.05, 3.63) is 10.1 Å². The number of nitrogens with zero attached hydrogens (tertiary/aromatic N) is 1. The average Bonchev–Trinajstić information content (AvgIpc) is 2.10. The number of hydrogen-bond acceptors (Lipinski definition) is 6. The highest BCUT2D eigenvalue weighted by atomic mass is 16.6. The summed E-state index contributed by atoms with van der Waals surface area (Å²) < 4.78 is 5.00. The maximum absolute atomic E-state index is 11.3. The lowest BCUT2D eigenvalue weighted by atomic mass is 10.1.